The van der Waals surface area contributed by atoms with E-state index in [0.29, 0.717) is 19.3 Å². The van der Waals surface area contributed by atoms with E-state index in [1.807, 2.05) is 0 Å². The highest BCUT2D eigenvalue weighted by molar-refractivity contribution is 5.71. The largest absolute Gasteiger partial charge is 0.462 e. The van der Waals surface area contributed by atoms with Gasteiger partial charge in [0.05, 0.1) is 0 Å². The highest BCUT2D eigenvalue weighted by Crippen LogP contribution is 2.15. The lowest BCUT2D eigenvalue weighted by Gasteiger charge is -2.18. The zero-order valence-electron chi connectivity index (χ0n) is 47.0. The zero-order chi connectivity index (χ0) is 51.4. The number of carbonyl (C=O) groups excluding carboxylic acids is 3. The van der Waals surface area contributed by atoms with Gasteiger partial charge in [-0.15, -0.1) is 0 Å². The van der Waals surface area contributed by atoms with E-state index in [1.165, 1.54) is 167 Å². The lowest BCUT2D eigenvalue weighted by molar-refractivity contribution is -0.167. The topological polar surface area (TPSA) is 78.9 Å². The number of esters is 3. The minimum atomic E-state index is -0.788. The smallest absolute Gasteiger partial charge is 0.306 e. The number of carbonyl (C=O) groups is 3. The van der Waals surface area contributed by atoms with Crippen molar-refractivity contribution in [3.63, 3.8) is 0 Å². The summed E-state index contributed by atoms with van der Waals surface area (Å²) < 4.78 is 16.9. The van der Waals surface area contributed by atoms with Crippen LogP contribution in [0.3, 0.4) is 0 Å². The molecule has 0 aromatic rings. The van der Waals surface area contributed by atoms with Crippen LogP contribution in [0, 0.1) is 0 Å². The van der Waals surface area contributed by atoms with Gasteiger partial charge in [0.15, 0.2) is 6.10 Å². The molecule has 0 aromatic carbocycles. The first-order valence-electron chi connectivity index (χ1n) is 30.4. The van der Waals surface area contributed by atoms with Gasteiger partial charge in [-0.25, -0.2) is 0 Å². The van der Waals surface area contributed by atoms with E-state index in [4.69, 9.17) is 14.2 Å². The van der Waals surface area contributed by atoms with Crippen LogP contribution in [0.5, 0.6) is 0 Å². The van der Waals surface area contributed by atoms with Gasteiger partial charge in [-0.1, -0.05) is 241 Å². The number of hydrogen-bond acceptors (Lipinski definition) is 6. The zero-order valence-corrected chi connectivity index (χ0v) is 47.0. The molecule has 0 fully saturated rings. The van der Waals surface area contributed by atoms with Gasteiger partial charge in [-0.05, 0) is 116 Å². The summed E-state index contributed by atoms with van der Waals surface area (Å²) in [7, 11) is 0. The summed E-state index contributed by atoms with van der Waals surface area (Å²) in [5.41, 5.74) is 0. The Kier molecular flexibility index (Phi) is 56.8. The molecule has 0 radical (unpaired) electrons. The van der Waals surface area contributed by atoms with Crippen LogP contribution in [0.1, 0.15) is 303 Å². The number of allylic oxidation sites excluding steroid dienone is 12. The number of unbranched alkanes of at least 4 members (excludes halogenated alkanes) is 32. The Morgan fingerprint density at radius 2 is 0.507 bits per heavy atom. The molecule has 0 saturated carbocycles. The van der Waals surface area contributed by atoms with Crippen molar-refractivity contribution >= 4 is 17.9 Å². The van der Waals surface area contributed by atoms with E-state index in [-0.39, 0.29) is 31.1 Å². The Bertz CT molecular complexity index is 1320. The molecule has 6 nitrogen and oxygen atoms in total. The lowest BCUT2D eigenvalue weighted by Crippen LogP contribution is -2.30. The predicted molar refractivity (Wildman–Crippen MR) is 307 cm³/mol. The molecule has 0 aliphatic carbocycles. The van der Waals surface area contributed by atoms with Gasteiger partial charge in [-0.3, -0.25) is 14.4 Å². The molecule has 1 atom stereocenters. The van der Waals surface area contributed by atoms with Crippen molar-refractivity contribution in [2.24, 2.45) is 0 Å². The Hall–Kier alpha value is -3.15. The molecular formula is C65H114O6. The number of rotatable bonds is 55. The van der Waals surface area contributed by atoms with Crippen molar-refractivity contribution in [1.29, 1.82) is 0 Å². The van der Waals surface area contributed by atoms with Crippen molar-refractivity contribution < 1.29 is 28.6 Å². The van der Waals surface area contributed by atoms with Crippen molar-refractivity contribution in [3.8, 4) is 0 Å². The molecule has 71 heavy (non-hydrogen) atoms. The van der Waals surface area contributed by atoms with E-state index in [2.05, 4.69) is 93.7 Å². The van der Waals surface area contributed by atoms with Crippen LogP contribution in [-0.4, -0.2) is 37.2 Å². The minimum absolute atomic E-state index is 0.0849. The normalized spacial score (nSPS) is 12.5. The van der Waals surface area contributed by atoms with Gasteiger partial charge in [0.1, 0.15) is 13.2 Å². The Balaban J connectivity index is 4.38. The van der Waals surface area contributed by atoms with Crippen LogP contribution in [0.15, 0.2) is 72.9 Å². The molecular weight excluding hydrogens is 877 g/mol. The maximum Gasteiger partial charge on any atom is 0.306 e. The number of hydrogen-bond donors (Lipinski definition) is 0. The van der Waals surface area contributed by atoms with Gasteiger partial charge < -0.3 is 14.2 Å². The van der Waals surface area contributed by atoms with Crippen molar-refractivity contribution in [2.75, 3.05) is 13.2 Å². The first-order chi connectivity index (χ1) is 35.0. The first kappa shape index (κ1) is 67.8. The van der Waals surface area contributed by atoms with E-state index >= 15 is 0 Å². The van der Waals surface area contributed by atoms with Crippen LogP contribution in [0.25, 0.3) is 0 Å². The Morgan fingerprint density at radius 3 is 0.845 bits per heavy atom. The third-order valence-electron chi connectivity index (χ3n) is 13.2. The van der Waals surface area contributed by atoms with Crippen LogP contribution in [0.2, 0.25) is 0 Å². The van der Waals surface area contributed by atoms with Crippen LogP contribution in [0.4, 0.5) is 0 Å². The number of ether oxygens (including phenoxy) is 3. The van der Waals surface area contributed by atoms with Gasteiger partial charge in [0.2, 0.25) is 0 Å². The molecule has 0 bridgehead atoms. The lowest BCUT2D eigenvalue weighted by atomic mass is 10.1. The Labute approximate surface area is 440 Å². The monoisotopic (exact) mass is 991 g/mol. The fraction of sp³-hybridized carbons (Fsp3) is 0.769. The van der Waals surface area contributed by atoms with E-state index in [0.717, 1.165) is 96.3 Å². The van der Waals surface area contributed by atoms with Crippen molar-refractivity contribution in [2.45, 2.75) is 309 Å². The third kappa shape index (κ3) is 57.6. The summed E-state index contributed by atoms with van der Waals surface area (Å²) in [5, 5.41) is 0. The van der Waals surface area contributed by atoms with Gasteiger partial charge in [-0.2, -0.15) is 0 Å². The van der Waals surface area contributed by atoms with Crippen LogP contribution < -0.4 is 0 Å². The molecule has 0 rings (SSSR count). The molecule has 0 saturated heterocycles. The average molecular weight is 992 g/mol. The van der Waals surface area contributed by atoms with Crippen molar-refractivity contribution in [1.82, 2.24) is 0 Å². The molecule has 0 amide bonds. The molecule has 0 aliphatic heterocycles. The molecule has 0 N–H and O–H groups in total. The minimum Gasteiger partial charge on any atom is -0.462 e. The van der Waals surface area contributed by atoms with Gasteiger partial charge >= 0.3 is 17.9 Å². The SMILES string of the molecule is CCCCC/C=C\C/C=C\C/C=C\CCCCCCCCC(=O)OC(COC(=O)CCCCCCC/C=C\CCCCCC)COC(=O)CCCCCCCCCCC/C=C\C/C=C\CCCCCCC. The van der Waals surface area contributed by atoms with Crippen LogP contribution >= 0.6 is 0 Å². The summed E-state index contributed by atoms with van der Waals surface area (Å²) in [6.07, 6.45) is 76.0. The van der Waals surface area contributed by atoms with E-state index < -0.39 is 6.10 Å². The second-order valence-electron chi connectivity index (χ2n) is 20.2. The highest BCUT2D eigenvalue weighted by Gasteiger charge is 2.19. The van der Waals surface area contributed by atoms with Gasteiger partial charge in [0, 0.05) is 19.3 Å². The second-order valence-corrected chi connectivity index (χ2v) is 20.2. The first-order valence-corrected chi connectivity index (χ1v) is 30.4. The maximum atomic E-state index is 12.9. The summed E-state index contributed by atoms with van der Waals surface area (Å²) >= 11 is 0. The van der Waals surface area contributed by atoms with E-state index in [1.54, 1.807) is 0 Å². The van der Waals surface area contributed by atoms with Crippen molar-refractivity contribution in [3.05, 3.63) is 72.9 Å². The van der Waals surface area contributed by atoms with Crippen LogP contribution in [-0.2, 0) is 28.6 Å². The molecule has 1 unspecified atom stereocenters. The average Bonchev–Trinajstić information content (AvgIpc) is 3.37. The summed E-state index contributed by atoms with van der Waals surface area (Å²) in [4.78, 5) is 38.2. The summed E-state index contributed by atoms with van der Waals surface area (Å²) in [6, 6.07) is 0. The molecule has 410 valence electrons. The fourth-order valence-corrected chi connectivity index (χ4v) is 8.53. The standard InChI is InChI=1S/C65H114O6/c1-4-7-10-13-16-19-22-25-27-29-31-32-34-35-37-40-43-46-49-52-55-58-64(67)70-61-62(60-69-63(66)57-54-51-48-45-42-39-24-21-18-15-12-9-6-3)71-65(68)59-56-53-50-47-44-41-38-36-33-30-28-26-23-20-17-14-11-8-5-2/h17,20-22,24-26,28-29,31,33,36,62H,4-16,18-19,23,27,30,32,34-35,37-61H2,1-3H3/b20-17-,24-21-,25-22-,28-26-,31-29-,36-33-. The third-order valence-corrected chi connectivity index (χ3v) is 13.2. The highest BCUT2D eigenvalue weighted by atomic mass is 16.6. The van der Waals surface area contributed by atoms with Gasteiger partial charge in [0.25, 0.3) is 0 Å². The fourth-order valence-electron chi connectivity index (χ4n) is 8.53. The molecule has 0 aliphatic rings. The molecule has 0 aromatic heterocycles. The summed E-state index contributed by atoms with van der Waals surface area (Å²) in [6.45, 7) is 6.59. The second kappa shape index (κ2) is 59.4. The molecule has 0 heterocycles. The molecule has 6 heteroatoms. The summed E-state index contributed by atoms with van der Waals surface area (Å²) in [5.74, 6) is -0.900. The predicted octanol–water partition coefficient (Wildman–Crippen LogP) is 20.5. The maximum absolute atomic E-state index is 12.9. The van der Waals surface area contributed by atoms with E-state index in [9.17, 15) is 14.4 Å². The quantitative estimate of drug-likeness (QED) is 0.0261. The molecule has 0 spiro atoms. The Morgan fingerprint density at radius 1 is 0.282 bits per heavy atom.